The highest BCUT2D eigenvalue weighted by Gasteiger charge is 2.40. The van der Waals surface area contributed by atoms with Gasteiger partial charge in [0.2, 0.25) is 0 Å². The van der Waals surface area contributed by atoms with Crippen molar-refractivity contribution in [2.75, 3.05) is 23.3 Å². The molecule has 2 aromatic heterocycles. The smallest absolute Gasteiger partial charge is 0.145 e. The summed E-state index contributed by atoms with van der Waals surface area (Å²) in [5, 5.41) is 15.2. The normalized spacial score (nSPS) is 20.0. The van der Waals surface area contributed by atoms with Crippen LogP contribution in [0.2, 0.25) is 0 Å². The summed E-state index contributed by atoms with van der Waals surface area (Å²) in [5.41, 5.74) is 7.62. The van der Waals surface area contributed by atoms with Gasteiger partial charge >= 0.3 is 0 Å². The highest BCUT2D eigenvalue weighted by molar-refractivity contribution is 5.83. The van der Waals surface area contributed by atoms with Crippen molar-refractivity contribution in [2.45, 2.75) is 63.1 Å². The Bertz CT molecular complexity index is 1440. The van der Waals surface area contributed by atoms with E-state index in [4.69, 9.17) is 4.74 Å². The van der Waals surface area contributed by atoms with Crippen molar-refractivity contribution in [3.05, 3.63) is 77.7 Å². The Morgan fingerprint density at radius 2 is 2.00 bits per heavy atom. The van der Waals surface area contributed by atoms with Gasteiger partial charge in [-0.05, 0) is 80.3 Å². The Kier molecular flexibility index (Phi) is 5.58. The number of aliphatic hydroxyl groups is 1. The summed E-state index contributed by atoms with van der Waals surface area (Å²) in [6.07, 6.45) is 12.1. The standard InChI is InChI=1S/C31H34N4O2/c36-28-11-9-24-26(12-16-32-30(24)28)34-22-8-10-27-29(18-22)37-31(14-4-1-5-15-31)20-35(27)17-13-21-19-33-25-7-3-2-6-23(21)25/h2-3,6-8,10,12,16,18-19,28,33,36H,1,4-5,9,11,13-15,17,20H2,(H,32,34). The predicted octanol–water partition coefficient (Wildman–Crippen LogP) is 6.43. The second-order valence-corrected chi connectivity index (χ2v) is 11.0. The summed E-state index contributed by atoms with van der Waals surface area (Å²) in [6.45, 7) is 1.91. The number of benzene rings is 2. The second kappa shape index (κ2) is 9.10. The van der Waals surface area contributed by atoms with Crippen molar-refractivity contribution < 1.29 is 9.84 Å². The number of ether oxygens (including phenoxy) is 1. The fourth-order valence-corrected chi connectivity index (χ4v) is 6.63. The first kappa shape index (κ1) is 22.7. The number of aliphatic hydroxyl groups excluding tert-OH is 1. The highest BCUT2D eigenvalue weighted by atomic mass is 16.5. The second-order valence-electron chi connectivity index (χ2n) is 11.0. The molecule has 0 radical (unpaired) electrons. The maximum Gasteiger partial charge on any atom is 0.145 e. The van der Waals surface area contributed by atoms with E-state index in [0.29, 0.717) is 0 Å². The summed E-state index contributed by atoms with van der Waals surface area (Å²) in [5.74, 6) is 0.975. The van der Waals surface area contributed by atoms with E-state index < -0.39 is 6.10 Å². The molecule has 2 aromatic carbocycles. The molecule has 1 saturated carbocycles. The largest absolute Gasteiger partial charge is 0.483 e. The van der Waals surface area contributed by atoms with Crippen LogP contribution in [0.5, 0.6) is 5.75 Å². The van der Waals surface area contributed by atoms with Crippen LogP contribution in [-0.2, 0) is 12.8 Å². The SMILES string of the molecule is OC1CCc2c(Nc3ccc4c(c3)OC3(CCCCC3)CN4CCc3c[nH]c4ccccc34)ccnc21. The number of aromatic amines is 1. The van der Waals surface area contributed by atoms with Gasteiger partial charge in [0, 0.05) is 47.3 Å². The summed E-state index contributed by atoms with van der Waals surface area (Å²) in [6, 6.07) is 17.1. The number of rotatable bonds is 5. The zero-order chi connectivity index (χ0) is 24.8. The molecule has 1 spiro atoms. The van der Waals surface area contributed by atoms with Gasteiger partial charge in [0.15, 0.2) is 0 Å². The Balaban J connectivity index is 1.18. The van der Waals surface area contributed by atoms with Crippen LogP contribution in [0.3, 0.4) is 0 Å². The average Bonchev–Trinajstić information content (AvgIpc) is 3.51. The van der Waals surface area contributed by atoms with Gasteiger partial charge < -0.3 is 25.0 Å². The first-order chi connectivity index (χ1) is 18.2. The fraction of sp³-hybridized carbons (Fsp3) is 0.387. The van der Waals surface area contributed by atoms with Crippen LogP contribution in [0, 0.1) is 0 Å². The van der Waals surface area contributed by atoms with Crippen molar-refractivity contribution >= 4 is 28.0 Å². The van der Waals surface area contributed by atoms with Crippen LogP contribution < -0.4 is 15.0 Å². The van der Waals surface area contributed by atoms with Gasteiger partial charge in [0.05, 0.1) is 24.0 Å². The number of nitrogens with zero attached hydrogens (tertiary/aromatic N) is 2. The maximum absolute atomic E-state index is 10.3. The minimum Gasteiger partial charge on any atom is -0.483 e. The predicted molar refractivity (Wildman–Crippen MR) is 148 cm³/mol. The lowest BCUT2D eigenvalue weighted by Crippen LogP contribution is -2.52. The van der Waals surface area contributed by atoms with Gasteiger partial charge in [-0.3, -0.25) is 4.98 Å². The van der Waals surface area contributed by atoms with Crippen molar-refractivity contribution in [2.24, 2.45) is 0 Å². The van der Waals surface area contributed by atoms with Crippen molar-refractivity contribution in [3.63, 3.8) is 0 Å². The maximum atomic E-state index is 10.3. The molecule has 1 aliphatic heterocycles. The average molecular weight is 495 g/mol. The lowest BCUT2D eigenvalue weighted by molar-refractivity contribution is 0.0286. The molecular formula is C31H34N4O2. The van der Waals surface area contributed by atoms with Crippen LogP contribution in [-0.4, -0.2) is 33.8 Å². The Morgan fingerprint density at radius 1 is 1.11 bits per heavy atom. The lowest BCUT2D eigenvalue weighted by Gasteiger charge is -2.46. The zero-order valence-electron chi connectivity index (χ0n) is 21.2. The van der Waals surface area contributed by atoms with Gasteiger partial charge in [-0.2, -0.15) is 0 Å². The molecule has 1 fully saturated rings. The van der Waals surface area contributed by atoms with Crippen LogP contribution in [0.4, 0.5) is 17.1 Å². The Labute approximate surface area is 217 Å². The van der Waals surface area contributed by atoms with Gasteiger partial charge in [0.1, 0.15) is 11.4 Å². The molecule has 4 aromatic rings. The number of hydrogen-bond donors (Lipinski definition) is 3. The topological polar surface area (TPSA) is 73.4 Å². The van der Waals surface area contributed by atoms with E-state index in [1.807, 2.05) is 6.07 Å². The molecule has 1 atom stereocenters. The lowest BCUT2D eigenvalue weighted by atomic mass is 9.83. The molecule has 7 rings (SSSR count). The van der Waals surface area contributed by atoms with Crippen molar-refractivity contribution in [1.82, 2.24) is 9.97 Å². The number of anilines is 3. The quantitative estimate of drug-likeness (QED) is 0.298. The fourth-order valence-electron chi connectivity index (χ4n) is 6.63. The summed E-state index contributed by atoms with van der Waals surface area (Å²) < 4.78 is 6.85. The molecule has 3 aliphatic rings. The van der Waals surface area contributed by atoms with Gasteiger partial charge in [-0.25, -0.2) is 0 Å². The number of nitrogens with one attached hydrogen (secondary N) is 2. The van der Waals surface area contributed by atoms with Crippen molar-refractivity contribution in [1.29, 1.82) is 0 Å². The molecule has 190 valence electrons. The molecular weight excluding hydrogens is 460 g/mol. The van der Waals surface area contributed by atoms with Gasteiger partial charge in [0.25, 0.3) is 0 Å². The van der Waals surface area contributed by atoms with Crippen LogP contribution >= 0.6 is 0 Å². The minimum absolute atomic E-state index is 0.105. The molecule has 0 bridgehead atoms. The summed E-state index contributed by atoms with van der Waals surface area (Å²) in [7, 11) is 0. The molecule has 0 amide bonds. The van der Waals surface area contributed by atoms with Crippen LogP contribution in [0.25, 0.3) is 10.9 Å². The van der Waals surface area contributed by atoms with E-state index in [2.05, 4.69) is 68.8 Å². The first-order valence-electron chi connectivity index (χ1n) is 13.7. The monoisotopic (exact) mass is 494 g/mol. The summed E-state index contributed by atoms with van der Waals surface area (Å²) >= 11 is 0. The Morgan fingerprint density at radius 3 is 2.92 bits per heavy atom. The van der Waals surface area contributed by atoms with E-state index in [0.717, 1.165) is 73.6 Å². The number of H-pyrrole nitrogens is 1. The van der Waals surface area contributed by atoms with E-state index >= 15 is 0 Å². The first-order valence-corrected chi connectivity index (χ1v) is 13.7. The third-order valence-electron chi connectivity index (χ3n) is 8.55. The Hall–Kier alpha value is -3.51. The van der Waals surface area contributed by atoms with Gasteiger partial charge in [-0.15, -0.1) is 0 Å². The molecule has 2 aliphatic carbocycles. The van der Waals surface area contributed by atoms with Crippen LogP contribution in [0.15, 0.2) is 60.9 Å². The number of fused-ring (bicyclic) bond motifs is 3. The van der Waals surface area contributed by atoms with Crippen LogP contribution in [0.1, 0.15) is 61.4 Å². The number of para-hydroxylation sites is 1. The van der Waals surface area contributed by atoms with E-state index in [1.165, 1.54) is 41.4 Å². The number of hydrogen-bond acceptors (Lipinski definition) is 5. The van der Waals surface area contributed by atoms with Gasteiger partial charge in [-0.1, -0.05) is 24.6 Å². The number of aromatic nitrogens is 2. The number of pyridine rings is 1. The molecule has 6 heteroatoms. The van der Waals surface area contributed by atoms with E-state index in [9.17, 15) is 5.11 Å². The third-order valence-corrected chi connectivity index (χ3v) is 8.55. The van der Waals surface area contributed by atoms with Crippen molar-refractivity contribution in [3.8, 4) is 5.75 Å². The van der Waals surface area contributed by atoms with E-state index in [1.54, 1.807) is 6.20 Å². The molecule has 1 unspecified atom stereocenters. The molecule has 6 nitrogen and oxygen atoms in total. The molecule has 3 heterocycles. The molecule has 0 saturated heterocycles. The third kappa shape index (κ3) is 4.13. The summed E-state index contributed by atoms with van der Waals surface area (Å²) in [4.78, 5) is 10.4. The van der Waals surface area contributed by atoms with E-state index in [-0.39, 0.29) is 5.60 Å². The zero-order valence-corrected chi connectivity index (χ0v) is 21.2. The minimum atomic E-state index is -0.458. The molecule has 3 N–H and O–H groups in total. The highest BCUT2D eigenvalue weighted by Crippen LogP contribution is 2.45. The molecule has 37 heavy (non-hydrogen) atoms.